The van der Waals surface area contributed by atoms with Gasteiger partial charge in [-0.2, -0.15) is 5.10 Å². The van der Waals surface area contributed by atoms with Gasteiger partial charge in [0.25, 0.3) is 0 Å². The summed E-state index contributed by atoms with van der Waals surface area (Å²) in [7, 11) is 0. The average molecular weight is 335 g/mol. The normalized spacial score (nSPS) is 29.8. The maximum absolute atomic E-state index is 12.6. The van der Waals surface area contributed by atoms with Crippen molar-refractivity contribution in [1.82, 2.24) is 10.2 Å². The van der Waals surface area contributed by atoms with Crippen molar-refractivity contribution in [2.75, 3.05) is 5.32 Å². The number of benzene rings is 1. The molecule has 1 aromatic carbocycles. The number of carbonyl (C=O) groups is 1. The molecule has 2 fully saturated rings. The van der Waals surface area contributed by atoms with E-state index in [1.165, 1.54) is 19.3 Å². The van der Waals surface area contributed by atoms with Crippen LogP contribution < -0.4 is 11.1 Å². The number of amides is 1. The Hall–Kier alpha value is -1.59. The second-order valence-corrected chi connectivity index (χ2v) is 6.86. The zero-order chi connectivity index (χ0) is 15.1. The first-order valence-electron chi connectivity index (χ1n) is 8.20. The Kier molecular flexibility index (Phi) is 4.60. The third-order valence-corrected chi connectivity index (χ3v) is 5.49. The number of hydrogen-bond acceptors (Lipinski definition) is 3. The topological polar surface area (TPSA) is 83.8 Å². The molecule has 0 radical (unpaired) electrons. The lowest BCUT2D eigenvalue weighted by Crippen LogP contribution is -2.48. The summed E-state index contributed by atoms with van der Waals surface area (Å²) >= 11 is 0. The molecule has 2 aliphatic rings. The molecule has 23 heavy (non-hydrogen) atoms. The lowest BCUT2D eigenvalue weighted by molar-refractivity contribution is -0.122. The number of halogens is 1. The Morgan fingerprint density at radius 2 is 2.00 bits per heavy atom. The Labute approximate surface area is 141 Å². The zero-order valence-corrected chi connectivity index (χ0v) is 13.8. The predicted molar refractivity (Wildman–Crippen MR) is 93.5 cm³/mol. The van der Waals surface area contributed by atoms with Crippen LogP contribution in [0.3, 0.4) is 0 Å². The monoisotopic (exact) mass is 334 g/mol. The van der Waals surface area contributed by atoms with E-state index in [-0.39, 0.29) is 24.2 Å². The highest BCUT2D eigenvalue weighted by atomic mass is 35.5. The molecule has 4 N–H and O–H groups in total. The summed E-state index contributed by atoms with van der Waals surface area (Å²) in [5.74, 6) is 1.31. The first-order valence-corrected chi connectivity index (χ1v) is 8.20. The number of aromatic amines is 1. The van der Waals surface area contributed by atoms with Gasteiger partial charge in [0.05, 0.1) is 11.7 Å². The van der Waals surface area contributed by atoms with E-state index in [9.17, 15) is 4.79 Å². The third kappa shape index (κ3) is 3.08. The second kappa shape index (κ2) is 6.49. The lowest BCUT2D eigenvalue weighted by Gasteiger charge is -2.43. The summed E-state index contributed by atoms with van der Waals surface area (Å²) in [4.78, 5) is 12.6. The molecule has 6 heteroatoms. The summed E-state index contributed by atoms with van der Waals surface area (Å²) < 4.78 is 0. The van der Waals surface area contributed by atoms with Crippen molar-refractivity contribution in [1.29, 1.82) is 0 Å². The predicted octanol–water partition coefficient (Wildman–Crippen LogP) is 3.08. The fraction of sp³-hybridized carbons (Fsp3) is 0.529. The van der Waals surface area contributed by atoms with Crippen LogP contribution in [0.1, 0.15) is 32.1 Å². The molecule has 2 aliphatic carbocycles. The van der Waals surface area contributed by atoms with E-state index in [0.29, 0.717) is 17.9 Å². The van der Waals surface area contributed by atoms with Gasteiger partial charge in [-0.3, -0.25) is 9.89 Å². The second-order valence-electron chi connectivity index (χ2n) is 6.86. The molecular formula is C17H23ClN4O. The van der Waals surface area contributed by atoms with Crippen molar-refractivity contribution in [3.8, 4) is 0 Å². The number of nitrogens with two attached hydrogens (primary N) is 1. The van der Waals surface area contributed by atoms with E-state index in [0.717, 1.165) is 29.4 Å². The van der Waals surface area contributed by atoms with E-state index >= 15 is 0 Å². The van der Waals surface area contributed by atoms with Gasteiger partial charge in [-0.05, 0) is 55.7 Å². The standard InChI is InChI=1S/C17H22N4O.ClH/c18-16-10-2-1-3-11(16)7-12(6-10)17(22)20-14-4-5-15-13(8-14)9-19-21-15;/h4-5,8-12,16H,1-3,6-7,18H2,(H,19,21)(H,20,22);1H. The average Bonchev–Trinajstić information content (AvgIpc) is 2.94. The van der Waals surface area contributed by atoms with Crippen molar-refractivity contribution >= 4 is 34.9 Å². The number of carbonyl (C=O) groups excluding carboxylic acids is 1. The third-order valence-electron chi connectivity index (χ3n) is 5.49. The Morgan fingerprint density at radius 1 is 1.26 bits per heavy atom. The van der Waals surface area contributed by atoms with Crippen molar-refractivity contribution in [3.63, 3.8) is 0 Å². The first-order chi connectivity index (χ1) is 10.7. The molecule has 1 heterocycles. The maximum atomic E-state index is 12.6. The first kappa shape index (κ1) is 16.3. The Bertz CT molecular complexity index is 687. The fourth-order valence-corrected chi connectivity index (χ4v) is 4.27. The van der Waals surface area contributed by atoms with Crippen LogP contribution >= 0.6 is 12.4 Å². The van der Waals surface area contributed by atoms with E-state index in [1.54, 1.807) is 6.20 Å². The van der Waals surface area contributed by atoms with Gasteiger partial charge in [-0.1, -0.05) is 6.42 Å². The number of hydrogen-bond donors (Lipinski definition) is 3. The molecule has 0 aliphatic heterocycles. The number of anilines is 1. The highest BCUT2D eigenvalue weighted by Crippen LogP contribution is 2.42. The molecule has 1 aromatic heterocycles. The van der Waals surface area contributed by atoms with Gasteiger partial charge in [0, 0.05) is 23.0 Å². The van der Waals surface area contributed by atoms with E-state index < -0.39 is 0 Å². The maximum Gasteiger partial charge on any atom is 0.227 e. The smallest absolute Gasteiger partial charge is 0.227 e. The van der Waals surface area contributed by atoms with Crippen molar-refractivity contribution in [2.24, 2.45) is 23.5 Å². The molecular weight excluding hydrogens is 312 g/mol. The SMILES string of the molecule is Cl.NC1C2CCCC1CC(C(=O)Nc1ccc3[nH]ncc3c1)C2. The lowest BCUT2D eigenvalue weighted by atomic mass is 9.65. The van der Waals surface area contributed by atoms with Gasteiger partial charge in [-0.25, -0.2) is 0 Å². The molecule has 2 aromatic rings. The van der Waals surface area contributed by atoms with Crippen LogP contribution in [0.15, 0.2) is 24.4 Å². The molecule has 2 bridgehead atoms. The molecule has 1 amide bonds. The largest absolute Gasteiger partial charge is 0.327 e. The van der Waals surface area contributed by atoms with Gasteiger partial charge in [-0.15, -0.1) is 12.4 Å². The zero-order valence-electron chi connectivity index (χ0n) is 13.0. The number of nitrogens with zero attached hydrogens (tertiary/aromatic N) is 1. The summed E-state index contributed by atoms with van der Waals surface area (Å²) in [5, 5.41) is 11.0. The van der Waals surface area contributed by atoms with Gasteiger partial charge >= 0.3 is 0 Å². The van der Waals surface area contributed by atoms with Gasteiger partial charge in [0.2, 0.25) is 5.91 Å². The summed E-state index contributed by atoms with van der Waals surface area (Å²) in [6.07, 6.45) is 7.29. The minimum Gasteiger partial charge on any atom is -0.327 e. The van der Waals surface area contributed by atoms with Gasteiger partial charge in [0.1, 0.15) is 0 Å². The van der Waals surface area contributed by atoms with Gasteiger partial charge in [0.15, 0.2) is 0 Å². The Morgan fingerprint density at radius 3 is 2.74 bits per heavy atom. The van der Waals surface area contributed by atoms with E-state index in [2.05, 4.69) is 15.5 Å². The molecule has 4 rings (SSSR count). The van der Waals surface area contributed by atoms with Crippen molar-refractivity contribution in [3.05, 3.63) is 24.4 Å². The van der Waals surface area contributed by atoms with Crippen LogP contribution in [-0.2, 0) is 4.79 Å². The minimum absolute atomic E-state index is 0. The van der Waals surface area contributed by atoms with Crippen LogP contribution in [0.5, 0.6) is 0 Å². The number of nitrogens with one attached hydrogen (secondary N) is 2. The molecule has 2 unspecified atom stereocenters. The van der Waals surface area contributed by atoms with Crippen LogP contribution in [0.4, 0.5) is 5.69 Å². The number of fused-ring (bicyclic) bond motifs is 3. The van der Waals surface area contributed by atoms with Crippen LogP contribution in [0, 0.1) is 17.8 Å². The number of H-pyrrole nitrogens is 1. The molecule has 5 nitrogen and oxygen atoms in total. The van der Waals surface area contributed by atoms with Crippen molar-refractivity contribution in [2.45, 2.75) is 38.1 Å². The molecule has 0 saturated heterocycles. The summed E-state index contributed by atoms with van der Waals surface area (Å²) in [5.41, 5.74) is 8.14. The molecule has 0 spiro atoms. The van der Waals surface area contributed by atoms with E-state index in [1.807, 2.05) is 18.2 Å². The van der Waals surface area contributed by atoms with Crippen LogP contribution in [-0.4, -0.2) is 22.1 Å². The molecule has 2 saturated carbocycles. The summed E-state index contributed by atoms with van der Waals surface area (Å²) in [6, 6.07) is 6.14. The Balaban J connectivity index is 0.00000156. The van der Waals surface area contributed by atoms with Crippen molar-refractivity contribution < 1.29 is 4.79 Å². The summed E-state index contributed by atoms with van der Waals surface area (Å²) in [6.45, 7) is 0. The van der Waals surface area contributed by atoms with Gasteiger partial charge < -0.3 is 11.1 Å². The van der Waals surface area contributed by atoms with Crippen LogP contribution in [0.2, 0.25) is 0 Å². The van der Waals surface area contributed by atoms with E-state index in [4.69, 9.17) is 5.73 Å². The quantitative estimate of drug-likeness (QED) is 0.789. The molecule has 124 valence electrons. The molecule has 2 atom stereocenters. The fourth-order valence-electron chi connectivity index (χ4n) is 4.27. The van der Waals surface area contributed by atoms with Crippen LogP contribution in [0.25, 0.3) is 10.9 Å². The minimum atomic E-state index is 0. The highest BCUT2D eigenvalue weighted by Gasteiger charge is 2.40. The number of aromatic nitrogens is 2. The number of rotatable bonds is 2. The highest BCUT2D eigenvalue weighted by molar-refractivity contribution is 5.95.